The first-order valence-corrected chi connectivity index (χ1v) is 6.39. The van der Waals surface area contributed by atoms with E-state index in [0.29, 0.717) is 0 Å². The van der Waals surface area contributed by atoms with Gasteiger partial charge >= 0.3 is 0 Å². The van der Waals surface area contributed by atoms with Gasteiger partial charge in [0.15, 0.2) is 0 Å². The largest absolute Gasteiger partial charge is 0.282 e. The lowest BCUT2D eigenvalue weighted by molar-refractivity contribution is 0.598. The molecule has 0 radical (unpaired) electrons. The first kappa shape index (κ1) is 12.6. The summed E-state index contributed by atoms with van der Waals surface area (Å²) in [6.07, 6.45) is 3.16. The Balaban J connectivity index is 3.04. The zero-order chi connectivity index (χ0) is 12.2. The van der Waals surface area contributed by atoms with Crippen molar-refractivity contribution in [1.82, 2.24) is 0 Å². The van der Waals surface area contributed by atoms with E-state index >= 15 is 0 Å². The smallest absolute Gasteiger partial charge is 0.199 e. The highest BCUT2D eigenvalue weighted by Gasteiger charge is 2.10. The van der Waals surface area contributed by atoms with Gasteiger partial charge in [0.05, 0.1) is 4.90 Å². The second-order valence-corrected chi connectivity index (χ2v) is 5.19. The highest BCUT2D eigenvalue weighted by molar-refractivity contribution is 7.90. The summed E-state index contributed by atoms with van der Waals surface area (Å²) in [7, 11) is -3.55. The SMILES string of the molecule is C/C=C(C)/C=N/S(=O)(=O)c1ccc(C)cc1. The highest BCUT2D eigenvalue weighted by atomic mass is 32.2. The van der Waals surface area contributed by atoms with Crippen LogP contribution in [-0.2, 0) is 10.0 Å². The molecule has 0 fully saturated rings. The molecule has 0 heterocycles. The molecule has 0 aliphatic heterocycles. The maximum absolute atomic E-state index is 11.7. The molecule has 0 atom stereocenters. The predicted octanol–water partition coefficient (Wildman–Crippen LogP) is 2.72. The van der Waals surface area contributed by atoms with Gasteiger partial charge in [-0.25, -0.2) is 0 Å². The number of nitrogens with zero attached hydrogens (tertiary/aromatic N) is 1. The summed E-state index contributed by atoms with van der Waals surface area (Å²) in [5.74, 6) is 0. The third-order valence-electron chi connectivity index (χ3n) is 2.17. The standard InChI is InChI=1S/C12H15NO2S/c1-4-10(2)9-13-16(14,15)12-7-5-11(3)6-8-12/h4-9H,1-3H3/b10-4+,13-9+. The Kier molecular flexibility index (Phi) is 4.01. The maximum atomic E-state index is 11.7. The van der Waals surface area contributed by atoms with Gasteiger partial charge in [-0.3, -0.25) is 0 Å². The molecule has 4 heteroatoms. The molecule has 0 aromatic heterocycles. The molecule has 0 aliphatic rings. The van der Waals surface area contributed by atoms with E-state index in [-0.39, 0.29) is 4.90 Å². The van der Waals surface area contributed by atoms with Crippen LogP contribution in [0, 0.1) is 6.92 Å². The zero-order valence-electron chi connectivity index (χ0n) is 9.64. The topological polar surface area (TPSA) is 46.5 Å². The van der Waals surface area contributed by atoms with Crippen molar-refractivity contribution in [2.75, 3.05) is 0 Å². The van der Waals surface area contributed by atoms with E-state index in [1.54, 1.807) is 37.3 Å². The fourth-order valence-corrected chi connectivity index (χ4v) is 1.90. The van der Waals surface area contributed by atoms with Crippen LogP contribution in [0.4, 0.5) is 0 Å². The van der Waals surface area contributed by atoms with Gasteiger partial charge in [0.1, 0.15) is 0 Å². The van der Waals surface area contributed by atoms with Crippen molar-refractivity contribution in [2.24, 2.45) is 4.40 Å². The van der Waals surface area contributed by atoms with Gasteiger partial charge in [-0.15, -0.1) is 0 Å². The third kappa shape index (κ3) is 3.31. The van der Waals surface area contributed by atoms with Gasteiger partial charge in [0.2, 0.25) is 0 Å². The molecule has 1 aromatic rings. The molecule has 0 saturated carbocycles. The number of rotatable bonds is 3. The van der Waals surface area contributed by atoms with Gasteiger partial charge in [-0.2, -0.15) is 12.8 Å². The predicted molar refractivity (Wildman–Crippen MR) is 66.3 cm³/mol. The zero-order valence-corrected chi connectivity index (χ0v) is 10.5. The second-order valence-electron chi connectivity index (χ2n) is 3.56. The Hall–Kier alpha value is -1.42. The lowest BCUT2D eigenvalue weighted by atomic mass is 10.2. The lowest BCUT2D eigenvalue weighted by Crippen LogP contribution is -1.97. The highest BCUT2D eigenvalue weighted by Crippen LogP contribution is 2.12. The van der Waals surface area contributed by atoms with Crippen molar-refractivity contribution in [3.8, 4) is 0 Å². The Morgan fingerprint density at radius 3 is 2.31 bits per heavy atom. The molecule has 1 rings (SSSR count). The van der Waals surface area contributed by atoms with Crippen molar-refractivity contribution in [3.63, 3.8) is 0 Å². The third-order valence-corrected chi connectivity index (χ3v) is 3.42. The molecule has 0 spiro atoms. The van der Waals surface area contributed by atoms with Crippen molar-refractivity contribution in [3.05, 3.63) is 41.5 Å². The van der Waals surface area contributed by atoms with Gasteiger partial charge in [0, 0.05) is 6.21 Å². The van der Waals surface area contributed by atoms with Crippen molar-refractivity contribution < 1.29 is 8.42 Å². The normalized spacial score (nSPS) is 13.3. The van der Waals surface area contributed by atoms with Gasteiger partial charge in [-0.05, 0) is 38.5 Å². The summed E-state index contributed by atoms with van der Waals surface area (Å²) in [4.78, 5) is 0.221. The first-order valence-electron chi connectivity index (χ1n) is 4.95. The first-order chi connectivity index (χ1) is 7.45. The Morgan fingerprint density at radius 1 is 1.25 bits per heavy atom. The van der Waals surface area contributed by atoms with E-state index < -0.39 is 10.0 Å². The Morgan fingerprint density at radius 2 is 1.81 bits per heavy atom. The van der Waals surface area contributed by atoms with Crippen LogP contribution in [0.15, 0.2) is 45.2 Å². The minimum Gasteiger partial charge on any atom is -0.199 e. The molecule has 0 unspecified atom stereocenters. The van der Waals surface area contributed by atoms with Crippen LogP contribution in [0.3, 0.4) is 0 Å². The van der Waals surface area contributed by atoms with E-state index in [1.165, 1.54) is 6.21 Å². The summed E-state index contributed by atoms with van der Waals surface area (Å²) < 4.78 is 27.1. The average molecular weight is 237 g/mol. The molecule has 86 valence electrons. The quantitative estimate of drug-likeness (QED) is 0.759. The molecule has 0 saturated heterocycles. The number of aryl methyl sites for hydroxylation is 1. The Labute approximate surface area is 96.6 Å². The average Bonchev–Trinajstić information content (AvgIpc) is 2.26. The minimum atomic E-state index is -3.55. The monoisotopic (exact) mass is 237 g/mol. The maximum Gasteiger partial charge on any atom is 0.282 e. The van der Waals surface area contributed by atoms with Crippen LogP contribution in [0.5, 0.6) is 0 Å². The van der Waals surface area contributed by atoms with Gasteiger partial charge < -0.3 is 0 Å². The molecule has 0 bridgehead atoms. The molecule has 0 amide bonds. The summed E-state index contributed by atoms with van der Waals surface area (Å²) in [6.45, 7) is 5.54. The van der Waals surface area contributed by atoms with Crippen molar-refractivity contribution in [1.29, 1.82) is 0 Å². The summed E-state index contributed by atoms with van der Waals surface area (Å²) in [6, 6.07) is 6.63. The summed E-state index contributed by atoms with van der Waals surface area (Å²) in [5.41, 5.74) is 1.84. The minimum absolute atomic E-state index is 0.221. The Bertz CT molecular complexity index is 510. The molecular weight excluding hydrogens is 222 g/mol. The number of hydrogen-bond donors (Lipinski definition) is 0. The molecular formula is C12H15NO2S. The van der Waals surface area contributed by atoms with E-state index in [9.17, 15) is 8.42 Å². The van der Waals surface area contributed by atoms with Gasteiger partial charge in [-0.1, -0.05) is 23.8 Å². The van der Waals surface area contributed by atoms with Crippen LogP contribution in [0.1, 0.15) is 19.4 Å². The number of sulfonamides is 1. The van der Waals surface area contributed by atoms with E-state index in [1.807, 2.05) is 13.8 Å². The van der Waals surface area contributed by atoms with Crippen LogP contribution < -0.4 is 0 Å². The molecule has 1 aromatic carbocycles. The van der Waals surface area contributed by atoms with Crippen molar-refractivity contribution >= 4 is 16.2 Å². The number of benzene rings is 1. The molecule has 16 heavy (non-hydrogen) atoms. The van der Waals surface area contributed by atoms with E-state index in [0.717, 1.165) is 11.1 Å². The number of allylic oxidation sites excluding steroid dienone is 2. The fourth-order valence-electron chi connectivity index (χ4n) is 0.998. The lowest BCUT2D eigenvalue weighted by Gasteiger charge is -1.98. The van der Waals surface area contributed by atoms with Crippen LogP contribution in [0.25, 0.3) is 0 Å². The van der Waals surface area contributed by atoms with Crippen LogP contribution in [-0.4, -0.2) is 14.6 Å². The molecule has 0 aliphatic carbocycles. The second kappa shape index (κ2) is 5.07. The molecule has 3 nitrogen and oxygen atoms in total. The fraction of sp³-hybridized carbons (Fsp3) is 0.250. The van der Waals surface area contributed by atoms with E-state index in [2.05, 4.69) is 4.40 Å². The van der Waals surface area contributed by atoms with Crippen LogP contribution in [0.2, 0.25) is 0 Å². The summed E-state index contributed by atoms with van der Waals surface area (Å²) >= 11 is 0. The number of hydrogen-bond acceptors (Lipinski definition) is 2. The summed E-state index contributed by atoms with van der Waals surface area (Å²) in [5, 5.41) is 0. The van der Waals surface area contributed by atoms with Crippen LogP contribution >= 0.6 is 0 Å². The van der Waals surface area contributed by atoms with Gasteiger partial charge in [0.25, 0.3) is 10.0 Å². The van der Waals surface area contributed by atoms with Crippen molar-refractivity contribution in [2.45, 2.75) is 25.7 Å². The molecule has 0 N–H and O–H groups in total. The van der Waals surface area contributed by atoms with E-state index in [4.69, 9.17) is 0 Å².